The summed E-state index contributed by atoms with van der Waals surface area (Å²) in [6, 6.07) is 0. The molecule has 1 aromatic heterocycles. The third-order valence-electron chi connectivity index (χ3n) is 1.78. The van der Waals surface area contributed by atoms with E-state index < -0.39 is 0 Å². The Labute approximate surface area is 68.5 Å². The van der Waals surface area contributed by atoms with E-state index >= 15 is 0 Å². The molecule has 0 radical (unpaired) electrons. The van der Waals surface area contributed by atoms with E-state index in [0.29, 0.717) is 0 Å². The Balaban J connectivity index is 2.77. The first-order chi connectivity index (χ1) is 5.09. The lowest BCUT2D eigenvalue weighted by molar-refractivity contribution is -0.671. The van der Waals surface area contributed by atoms with E-state index in [1.54, 1.807) is 0 Å². The number of imidazole rings is 1. The summed E-state index contributed by atoms with van der Waals surface area (Å²) in [5.41, 5.74) is 1.41. The van der Waals surface area contributed by atoms with Crippen molar-refractivity contribution in [2.24, 2.45) is 20.0 Å². The second-order valence-corrected chi connectivity index (χ2v) is 3.61. The Bertz CT molecular complexity index is 236. The lowest BCUT2D eigenvalue weighted by Gasteiger charge is -1.98. The molecule has 0 unspecified atom stereocenters. The Morgan fingerprint density at radius 1 is 1.55 bits per heavy atom. The molecule has 0 aliphatic heterocycles. The maximum Gasteiger partial charge on any atom is 0.243 e. The molecule has 0 fully saturated rings. The van der Waals surface area contributed by atoms with Crippen molar-refractivity contribution < 1.29 is 4.57 Å². The first kappa shape index (κ1) is 8.31. The summed E-state index contributed by atoms with van der Waals surface area (Å²) in [6.07, 6.45) is 5.44. The molecule has 0 amide bonds. The Morgan fingerprint density at radius 2 is 2.18 bits per heavy atom. The summed E-state index contributed by atoms with van der Waals surface area (Å²) in [4.78, 5) is 0. The number of aromatic nitrogens is 2. The van der Waals surface area contributed by atoms with E-state index in [0.717, 1.165) is 12.3 Å². The van der Waals surface area contributed by atoms with Crippen molar-refractivity contribution in [2.75, 3.05) is 0 Å². The van der Waals surface area contributed by atoms with Crippen LogP contribution in [0.3, 0.4) is 0 Å². The van der Waals surface area contributed by atoms with Gasteiger partial charge in [-0.1, -0.05) is 13.8 Å². The maximum absolute atomic E-state index is 2.24. The van der Waals surface area contributed by atoms with Crippen molar-refractivity contribution >= 4 is 0 Å². The third kappa shape index (κ3) is 2.07. The van der Waals surface area contributed by atoms with Crippen LogP contribution in [0.25, 0.3) is 0 Å². The van der Waals surface area contributed by atoms with E-state index in [-0.39, 0.29) is 0 Å². The van der Waals surface area contributed by atoms with Gasteiger partial charge in [0.1, 0.15) is 11.9 Å². The molecule has 11 heavy (non-hydrogen) atoms. The topological polar surface area (TPSA) is 8.81 Å². The van der Waals surface area contributed by atoms with Crippen LogP contribution in [0, 0.1) is 5.92 Å². The molecule has 1 heterocycles. The zero-order valence-corrected chi connectivity index (χ0v) is 7.83. The highest BCUT2D eigenvalue weighted by Gasteiger charge is 2.08. The number of aryl methyl sites for hydroxylation is 2. The molecule has 0 aliphatic carbocycles. The fourth-order valence-corrected chi connectivity index (χ4v) is 1.32. The minimum absolute atomic E-state index is 0.739. The van der Waals surface area contributed by atoms with E-state index in [2.05, 4.69) is 49.6 Å². The average molecular weight is 153 g/mol. The predicted octanol–water partition coefficient (Wildman–Crippen LogP) is 1.05. The summed E-state index contributed by atoms with van der Waals surface area (Å²) in [5, 5.41) is 0. The highest BCUT2D eigenvalue weighted by Crippen LogP contribution is 2.04. The maximum atomic E-state index is 2.24. The zero-order chi connectivity index (χ0) is 8.43. The molecular formula is C9H17N2+. The Morgan fingerprint density at radius 3 is 2.55 bits per heavy atom. The quantitative estimate of drug-likeness (QED) is 0.562. The molecule has 0 atom stereocenters. The monoisotopic (exact) mass is 153 g/mol. The van der Waals surface area contributed by atoms with Crippen LogP contribution in [-0.4, -0.2) is 4.57 Å². The molecule has 0 aliphatic rings. The molecule has 1 aromatic rings. The fourth-order valence-electron chi connectivity index (χ4n) is 1.32. The summed E-state index contributed by atoms with van der Waals surface area (Å²) in [5.74, 6) is 0.739. The molecule has 0 bridgehead atoms. The highest BCUT2D eigenvalue weighted by atomic mass is 15.1. The smallest absolute Gasteiger partial charge is 0.239 e. The highest BCUT2D eigenvalue weighted by molar-refractivity contribution is 4.93. The van der Waals surface area contributed by atoms with Crippen LogP contribution in [0.5, 0.6) is 0 Å². The van der Waals surface area contributed by atoms with Crippen molar-refractivity contribution in [3.8, 4) is 0 Å². The van der Waals surface area contributed by atoms with Gasteiger partial charge in [-0.3, -0.25) is 0 Å². The molecule has 0 saturated heterocycles. The zero-order valence-electron chi connectivity index (χ0n) is 7.83. The van der Waals surface area contributed by atoms with Crippen molar-refractivity contribution in [3.05, 3.63) is 18.2 Å². The van der Waals surface area contributed by atoms with E-state index in [1.165, 1.54) is 5.69 Å². The van der Waals surface area contributed by atoms with Crippen LogP contribution in [0.2, 0.25) is 0 Å². The molecule has 2 nitrogen and oxygen atoms in total. The first-order valence-corrected chi connectivity index (χ1v) is 4.10. The molecule has 1 rings (SSSR count). The van der Waals surface area contributed by atoms with Crippen LogP contribution in [0.1, 0.15) is 19.5 Å². The van der Waals surface area contributed by atoms with E-state index in [4.69, 9.17) is 0 Å². The fraction of sp³-hybridized carbons (Fsp3) is 0.667. The summed E-state index contributed by atoms with van der Waals surface area (Å²) in [6.45, 7) is 4.49. The summed E-state index contributed by atoms with van der Waals surface area (Å²) >= 11 is 0. The molecule has 0 spiro atoms. The van der Waals surface area contributed by atoms with E-state index in [9.17, 15) is 0 Å². The van der Waals surface area contributed by atoms with Crippen molar-refractivity contribution in [1.29, 1.82) is 0 Å². The SMILES string of the molecule is CC(C)Cc1c[n+](C)cn1C. The van der Waals surface area contributed by atoms with Crippen molar-refractivity contribution in [3.63, 3.8) is 0 Å². The standard InChI is InChI=1S/C9H17N2/c1-8(2)5-9-6-10(3)7-11(9)4/h6-8H,5H2,1-4H3/q+1. The van der Waals surface area contributed by atoms with Crippen LogP contribution >= 0.6 is 0 Å². The van der Waals surface area contributed by atoms with Crippen molar-refractivity contribution in [2.45, 2.75) is 20.3 Å². The molecule has 62 valence electrons. The minimum atomic E-state index is 0.739. The van der Waals surface area contributed by atoms with Gasteiger partial charge in [-0.05, 0) is 5.92 Å². The molecule has 2 heteroatoms. The summed E-state index contributed by atoms with van der Waals surface area (Å²) in [7, 11) is 4.15. The number of hydrogen-bond acceptors (Lipinski definition) is 0. The third-order valence-corrected chi connectivity index (χ3v) is 1.78. The van der Waals surface area contributed by atoms with Gasteiger partial charge in [0, 0.05) is 6.42 Å². The average Bonchev–Trinajstić information content (AvgIpc) is 2.09. The molecule has 0 N–H and O–H groups in total. The normalized spacial score (nSPS) is 11.0. The van der Waals surface area contributed by atoms with Gasteiger partial charge in [0.25, 0.3) is 0 Å². The van der Waals surface area contributed by atoms with E-state index in [1.807, 2.05) is 0 Å². The number of rotatable bonds is 2. The van der Waals surface area contributed by atoms with Gasteiger partial charge in [-0.25, -0.2) is 9.13 Å². The molecule has 0 saturated carbocycles. The van der Waals surface area contributed by atoms with Crippen LogP contribution in [-0.2, 0) is 20.5 Å². The van der Waals surface area contributed by atoms with Gasteiger partial charge in [-0.2, -0.15) is 0 Å². The van der Waals surface area contributed by atoms with Crippen LogP contribution in [0.15, 0.2) is 12.5 Å². The van der Waals surface area contributed by atoms with Gasteiger partial charge in [0.15, 0.2) is 0 Å². The second-order valence-electron chi connectivity index (χ2n) is 3.61. The Kier molecular flexibility index (Phi) is 2.32. The van der Waals surface area contributed by atoms with Crippen molar-refractivity contribution in [1.82, 2.24) is 4.57 Å². The number of hydrogen-bond donors (Lipinski definition) is 0. The first-order valence-electron chi connectivity index (χ1n) is 4.10. The number of nitrogens with zero attached hydrogens (tertiary/aromatic N) is 2. The molecular weight excluding hydrogens is 136 g/mol. The van der Waals surface area contributed by atoms with Gasteiger partial charge < -0.3 is 0 Å². The lowest BCUT2D eigenvalue weighted by atomic mass is 10.1. The van der Waals surface area contributed by atoms with Crippen LogP contribution < -0.4 is 4.57 Å². The van der Waals surface area contributed by atoms with Gasteiger partial charge >= 0.3 is 0 Å². The lowest BCUT2D eigenvalue weighted by Crippen LogP contribution is -2.23. The minimum Gasteiger partial charge on any atom is -0.239 e. The molecule has 0 aromatic carbocycles. The van der Waals surface area contributed by atoms with Gasteiger partial charge in [0.05, 0.1) is 14.1 Å². The second kappa shape index (κ2) is 3.07. The van der Waals surface area contributed by atoms with Gasteiger partial charge in [-0.15, -0.1) is 0 Å². The predicted molar refractivity (Wildman–Crippen MR) is 45.1 cm³/mol. The largest absolute Gasteiger partial charge is 0.243 e. The summed E-state index contributed by atoms with van der Waals surface area (Å²) < 4.78 is 4.28. The van der Waals surface area contributed by atoms with Crippen LogP contribution in [0.4, 0.5) is 0 Å². The van der Waals surface area contributed by atoms with Gasteiger partial charge in [0.2, 0.25) is 6.33 Å². The Hall–Kier alpha value is -0.790.